The van der Waals surface area contributed by atoms with Crippen LogP contribution < -0.4 is 5.56 Å². The maximum Gasteiger partial charge on any atom is 0.266 e. The third-order valence-electron chi connectivity index (χ3n) is 3.67. The quantitative estimate of drug-likeness (QED) is 0.842. The number of aryl methyl sites for hydroxylation is 1. The zero-order valence-corrected chi connectivity index (χ0v) is 12.2. The molecule has 2 rings (SSSR count). The van der Waals surface area contributed by atoms with Crippen LogP contribution in [0.3, 0.4) is 0 Å². The first-order valence-corrected chi connectivity index (χ1v) is 6.87. The van der Waals surface area contributed by atoms with Gasteiger partial charge >= 0.3 is 0 Å². The van der Waals surface area contributed by atoms with Gasteiger partial charge in [0.1, 0.15) is 0 Å². The Morgan fingerprint density at radius 3 is 2.58 bits per heavy atom. The molecule has 1 atom stereocenters. The Balaban J connectivity index is 2.31. The van der Waals surface area contributed by atoms with E-state index in [1.165, 1.54) is 4.68 Å². The van der Waals surface area contributed by atoms with Gasteiger partial charge in [-0.3, -0.25) is 19.4 Å². The summed E-state index contributed by atoms with van der Waals surface area (Å²) in [5.74, 6) is 0.155. The molecule has 1 amide bonds. The molecule has 1 aromatic rings. The summed E-state index contributed by atoms with van der Waals surface area (Å²) in [7, 11) is 1.70. The molecule has 1 aromatic heterocycles. The summed E-state index contributed by atoms with van der Waals surface area (Å²) in [6.45, 7) is 6.59. The van der Waals surface area contributed by atoms with Gasteiger partial charge in [0.05, 0.1) is 11.7 Å². The van der Waals surface area contributed by atoms with E-state index in [0.29, 0.717) is 0 Å². The van der Waals surface area contributed by atoms with Crippen molar-refractivity contribution in [2.75, 3.05) is 6.54 Å². The van der Waals surface area contributed by atoms with E-state index in [4.69, 9.17) is 0 Å². The molecule has 1 aliphatic rings. The van der Waals surface area contributed by atoms with E-state index in [1.807, 2.05) is 25.7 Å². The van der Waals surface area contributed by atoms with Crippen molar-refractivity contribution in [2.45, 2.75) is 46.1 Å². The average Bonchev–Trinajstić information content (AvgIpc) is 2.67. The molecule has 19 heavy (non-hydrogen) atoms. The standard InChI is InChI=1S/C14H23N3O2/c1-14(2,3)13(19)17-8-6-5-7-11(17)10-9-12(18)16(4)15-10/h9,11,15H,5-8H2,1-4H3. The zero-order chi connectivity index (χ0) is 14.2. The van der Waals surface area contributed by atoms with Gasteiger partial charge in [0.2, 0.25) is 5.91 Å². The number of carbonyl (C=O) groups is 1. The van der Waals surface area contributed by atoms with Crippen molar-refractivity contribution in [1.29, 1.82) is 0 Å². The number of nitrogens with one attached hydrogen (secondary N) is 1. The van der Waals surface area contributed by atoms with Gasteiger partial charge in [-0.1, -0.05) is 20.8 Å². The Bertz CT molecular complexity index is 522. The molecular formula is C14H23N3O2. The van der Waals surface area contributed by atoms with E-state index in [2.05, 4.69) is 5.10 Å². The highest BCUT2D eigenvalue weighted by atomic mass is 16.2. The van der Waals surface area contributed by atoms with Crippen molar-refractivity contribution in [3.63, 3.8) is 0 Å². The van der Waals surface area contributed by atoms with Gasteiger partial charge in [-0.2, -0.15) is 0 Å². The molecule has 2 heterocycles. The highest BCUT2D eigenvalue weighted by molar-refractivity contribution is 5.82. The van der Waals surface area contributed by atoms with E-state index in [0.717, 1.165) is 31.5 Å². The van der Waals surface area contributed by atoms with Crippen LogP contribution in [0.1, 0.15) is 51.8 Å². The summed E-state index contributed by atoms with van der Waals surface area (Å²) in [5.41, 5.74) is 0.415. The number of aromatic amines is 1. The molecule has 1 fully saturated rings. The van der Waals surface area contributed by atoms with Gasteiger partial charge in [0.25, 0.3) is 5.56 Å². The maximum absolute atomic E-state index is 12.5. The minimum atomic E-state index is -0.384. The molecule has 1 N–H and O–H groups in total. The van der Waals surface area contributed by atoms with Crippen molar-refractivity contribution < 1.29 is 4.79 Å². The van der Waals surface area contributed by atoms with Gasteiger partial charge in [0, 0.05) is 25.1 Å². The predicted molar refractivity (Wildman–Crippen MR) is 73.8 cm³/mol. The Morgan fingerprint density at radius 2 is 2.05 bits per heavy atom. The van der Waals surface area contributed by atoms with Crippen LogP contribution in [0, 0.1) is 5.41 Å². The van der Waals surface area contributed by atoms with E-state index >= 15 is 0 Å². The minimum Gasteiger partial charge on any atom is -0.334 e. The van der Waals surface area contributed by atoms with Crippen LogP contribution >= 0.6 is 0 Å². The smallest absolute Gasteiger partial charge is 0.266 e. The SMILES string of the molecule is Cn1[nH]c(C2CCCCN2C(=O)C(C)(C)C)cc1=O. The zero-order valence-electron chi connectivity index (χ0n) is 12.2. The van der Waals surface area contributed by atoms with E-state index in [-0.39, 0.29) is 22.9 Å². The molecule has 0 bridgehead atoms. The lowest BCUT2D eigenvalue weighted by Crippen LogP contribution is -2.44. The summed E-state index contributed by atoms with van der Waals surface area (Å²) in [4.78, 5) is 26.0. The second-order valence-corrected chi connectivity index (χ2v) is 6.37. The van der Waals surface area contributed by atoms with Crippen molar-refractivity contribution in [3.05, 3.63) is 22.1 Å². The molecule has 0 aliphatic carbocycles. The number of hydrogen-bond donors (Lipinski definition) is 1. The molecule has 1 unspecified atom stereocenters. The summed E-state index contributed by atoms with van der Waals surface area (Å²) in [6.07, 6.45) is 3.05. The average molecular weight is 265 g/mol. The molecule has 106 valence electrons. The highest BCUT2D eigenvalue weighted by Gasteiger charge is 2.35. The molecule has 0 saturated carbocycles. The van der Waals surface area contributed by atoms with Crippen LogP contribution in [0.25, 0.3) is 0 Å². The fraction of sp³-hybridized carbons (Fsp3) is 0.714. The topological polar surface area (TPSA) is 58.1 Å². The summed E-state index contributed by atoms with van der Waals surface area (Å²) in [6, 6.07) is 1.62. The lowest BCUT2D eigenvalue weighted by atomic mass is 9.90. The number of H-pyrrole nitrogens is 1. The number of carbonyl (C=O) groups excluding carboxylic acids is 1. The molecule has 1 saturated heterocycles. The molecule has 5 heteroatoms. The van der Waals surface area contributed by atoms with Crippen LogP contribution in [-0.2, 0) is 11.8 Å². The van der Waals surface area contributed by atoms with Crippen molar-refractivity contribution >= 4 is 5.91 Å². The molecule has 1 aliphatic heterocycles. The number of hydrogen-bond acceptors (Lipinski definition) is 2. The van der Waals surface area contributed by atoms with Gasteiger partial charge < -0.3 is 4.90 Å². The maximum atomic E-state index is 12.5. The monoisotopic (exact) mass is 265 g/mol. The van der Waals surface area contributed by atoms with Crippen molar-refractivity contribution in [2.24, 2.45) is 12.5 Å². The number of aromatic nitrogens is 2. The lowest BCUT2D eigenvalue weighted by Gasteiger charge is -2.38. The molecule has 0 spiro atoms. The fourth-order valence-corrected chi connectivity index (χ4v) is 2.61. The second kappa shape index (κ2) is 4.87. The molecule has 0 aromatic carbocycles. The van der Waals surface area contributed by atoms with Gasteiger partial charge in [-0.05, 0) is 19.3 Å². The third-order valence-corrected chi connectivity index (χ3v) is 3.67. The first-order chi connectivity index (χ1) is 8.80. The van der Waals surface area contributed by atoms with Crippen LogP contribution in [0.15, 0.2) is 10.9 Å². The summed E-state index contributed by atoms with van der Waals surface area (Å²) >= 11 is 0. The van der Waals surface area contributed by atoms with Crippen LogP contribution in [0.4, 0.5) is 0 Å². The lowest BCUT2D eigenvalue weighted by molar-refractivity contribution is -0.143. The Kier molecular flexibility index (Phi) is 3.56. The van der Waals surface area contributed by atoms with Gasteiger partial charge in [-0.25, -0.2) is 0 Å². The highest BCUT2D eigenvalue weighted by Crippen LogP contribution is 2.32. The van der Waals surface area contributed by atoms with Gasteiger partial charge in [0.15, 0.2) is 0 Å². The molecule has 5 nitrogen and oxygen atoms in total. The summed E-state index contributed by atoms with van der Waals surface area (Å²) in [5, 5.41) is 3.06. The largest absolute Gasteiger partial charge is 0.334 e. The number of piperidine rings is 1. The first-order valence-electron chi connectivity index (χ1n) is 6.87. The van der Waals surface area contributed by atoms with E-state index in [9.17, 15) is 9.59 Å². The number of amides is 1. The first kappa shape index (κ1) is 13.9. The number of rotatable bonds is 1. The molecular weight excluding hydrogens is 242 g/mol. The van der Waals surface area contributed by atoms with Gasteiger partial charge in [-0.15, -0.1) is 0 Å². The van der Waals surface area contributed by atoms with Crippen LogP contribution in [0.2, 0.25) is 0 Å². The normalized spacial score (nSPS) is 20.6. The predicted octanol–water partition coefficient (Wildman–Crippen LogP) is 1.81. The van der Waals surface area contributed by atoms with Crippen LogP contribution in [-0.4, -0.2) is 27.1 Å². The van der Waals surface area contributed by atoms with E-state index in [1.54, 1.807) is 13.1 Å². The van der Waals surface area contributed by atoms with E-state index < -0.39 is 0 Å². The van der Waals surface area contributed by atoms with Crippen molar-refractivity contribution in [1.82, 2.24) is 14.7 Å². The Morgan fingerprint density at radius 1 is 1.37 bits per heavy atom. The number of nitrogens with zero attached hydrogens (tertiary/aromatic N) is 2. The third kappa shape index (κ3) is 2.74. The molecule has 0 radical (unpaired) electrons. The second-order valence-electron chi connectivity index (χ2n) is 6.37. The number of likely N-dealkylation sites (tertiary alicyclic amines) is 1. The van der Waals surface area contributed by atoms with Crippen molar-refractivity contribution in [3.8, 4) is 0 Å². The Labute approximate surface area is 113 Å². The Hall–Kier alpha value is -1.52. The van der Waals surface area contributed by atoms with Crippen LogP contribution in [0.5, 0.6) is 0 Å². The summed E-state index contributed by atoms with van der Waals surface area (Å²) < 4.78 is 1.46. The fourth-order valence-electron chi connectivity index (χ4n) is 2.61. The minimum absolute atomic E-state index is 0.00868.